The van der Waals surface area contributed by atoms with Gasteiger partial charge in [-0.1, -0.05) is 17.2 Å². The minimum Gasteiger partial charge on any atom is -0.434 e. The van der Waals surface area contributed by atoms with Crippen molar-refractivity contribution in [3.8, 4) is 11.5 Å². The van der Waals surface area contributed by atoms with Crippen LogP contribution in [0.2, 0.25) is 0 Å². The zero-order chi connectivity index (χ0) is 11.8. The lowest BCUT2D eigenvalue weighted by atomic mass is 10.1. The number of benzene rings is 1. The molecule has 1 aromatic carbocycles. The van der Waals surface area contributed by atoms with E-state index in [-0.39, 0.29) is 0 Å². The molecular weight excluding hydrogens is 212 g/mol. The maximum atomic E-state index is 5.69. The molecule has 17 heavy (non-hydrogen) atoms. The summed E-state index contributed by atoms with van der Waals surface area (Å²) in [5.74, 6) is 0.630. The summed E-state index contributed by atoms with van der Waals surface area (Å²) in [4.78, 5) is 8.55. The molecule has 0 unspecified atom stereocenters. The van der Waals surface area contributed by atoms with Crippen molar-refractivity contribution in [2.75, 3.05) is 0 Å². The number of nitrogens with zero attached hydrogens (tertiary/aromatic N) is 2. The topological polar surface area (TPSA) is 38.9 Å². The Labute approximate surface area is 99.1 Å². The highest BCUT2D eigenvalue weighted by atomic mass is 16.3. The number of oxazole rings is 1. The number of aromatic nitrogens is 2. The van der Waals surface area contributed by atoms with Gasteiger partial charge in [-0.2, -0.15) is 4.98 Å². The van der Waals surface area contributed by atoms with Crippen LogP contribution in [0.5, 0.6) is 0 Å². The van der Waals surface area contributed by atoms with Crippen LogP contribution < -0.4 is 0 Å². The lowest BCUT2D eigenvalue weighted by Crippen LogP contribution is -1.82. The Balaban J connectivity index is 2.20. The Bertz CT molecular complexity index is 632. The summed E-state index contributed by atoms with van der Waals surface area (Å²) >= 11 is 0. The summed E-state index contributed by atoms with van der Waals surface area (Å²) in [6.07, 6.45) is 1.72. The summed E-state index contributed by atoms with van der Waals surface area (Å²) in [6.45, 7) is 4.13. The molecule has 84 valence electrons. The molecule has 3 heteroatoms. The van der Waals surface area contributed by atoms with E-state index in [0.717, 1.165) is 11.1 Å². The van der Waals surface area contributed by atoms with Crippen molar-refractivity contribution in [1.29, 1.82) is 0 Å². The van der Waals surface area contributed by atoms with E-state index in [1.807, 2.05) is 12.1 Å². The van der Waals surface area contributed by atoms with Crippen LogP contribution >= 0.6 is 0 Å². The number of fused-ring (bicyclic) bond motifs is 1. The van der Waals surface area contributed by atoms with Gasteiger partial charge in [0.15, 0.2) is 11.2 Å². The first kappa shape index (κ1) is 10.0. The quantitative estimate of drug-likeness (QED) is 0.635. The smallest absolute Gasteiger partial charge is 0.228 e. The Morgan fingerprint density at radius 2 is 1.82 bits per heavy atom. The molecule has 0 amide bonds. The lowest BCUT2D eigenvalue weighted by Gasteiger charge is -2.00. The molecule has 0 N–H and O–H groups in total. The van der Waals surface area contributed by atoms with Gasteiger partial charge in [0.05, 0.1) is 0 Å². The second-order valence-electron chi connectivity index (χ2n) is 4.22. The van der Waals surface area contributed by atoms with Gasteiger partial charge in [0.2, 0.25) is 5.89 Å². The van der Waals surface area contributed by atoms with Crippen molar-refractivity contribution in [1.82, 2.24) is 9.97 Å². The van der Waals surface area contributed by atoms with Crippen LogP contribution in [-0.4, -0.2) is 9.97 Å². The highest BCUT2D eigenvalue weighted by Gasteiger charge is 2.08. The van der Waals surface area contributed by atoms with Crippen LogP contribution in [0.15, 0.2) is 40.9 Å². The minimum absolute atomic E-state index is 0.630. The van der Waals surface area contributed by atoms with Gasteiger partial charge in [0, 0.05) is 11.8 Å². The fourth-order valence-electron chi connectivity index (χ4n) is 1.99. The molecule has 2 heterocycles. The summed E-state index contributed by atoms with van der Waals surface area (Å²) in [7, 11) is 0. The van der Waals surface area contributed by atoms with E-state index in [1.165, 1.54) is 11.1 Å². The van der Waals surface area contributed by atoms with Gasteiger partial charge in [-0.3, -0.25) is 0 Å². The Morgan fingerprint density at radius 3 is 2.53 bits per heavy atom. The van der Waals surface area contributed by atoms with Crippen molar-refractivity contribution in [3.63, 3.8) is 0 Å². The lowest BCUT2D eigenvalue weighted by molar-refractivity contribution is 0.619. The van der Waals surface area contributed by atoms with E-state index < -0.39 is 0 Å². The number of rotatable bonds is 1. The zero-order valence-corrected chi connectivity index (χ0v) is 9.77. The molecule has 0 aliphatic heterocycles. The van der Waals surface area contributed by atoms with Crippen LogP contribution in [0, 0.1) is 13.8 Å². The van der Waals surface area contributed by atoms with E-state index in [4.69, 9.17) is 4.42 Å². The monoisotopic (exact) mass is 224 g/mol. The van der Waals surface area contributed by atoms with Gasteiger partial charge < -0.3 is 4.42 Å². The van der Waals surface area contributed by atoms with Crippen molar-refractivity contribution in [3.05, 3.63) is 47.7 Å². The molecule has 0 fully saturated rings. The SMILES string of the molecule is Cc1cc(C)cc(-c2nc3ncccc3o2)c1. The first-order chi connectivity index (χ1) is 8.22. The first-order valence-corrected chi connectivity index (χ1v) is 5.52. The van der Waals surface area contributed by atoms with Gasteiger partial charge in [-0.15, -0.1) is 0 Å². The second kappa shape index (κ2) is 3.70. The van der Waals surface area contributed by atoms with Crippen LogP contribution in [0.3, 0.4) is 0 Å². The molecule has 0 spiro atoms. The third kappa shape index (κ3) is 1.80. The van der Waals surface area contributed by atoms with Gasteiger partial charge in [0.25, 0.3) is 0 Å². The van der Waals surface area contributed by atoms with E-state index in [1.54, 1.807) is 6.20 Å². The molecule has 2 aromatic heterocycles. The number of hydrogen-bond acceptors (Lipinski definition) is 3. The Kier molecular flexibility index (Phi) is 2.18. The van der Waals surface area contributed by atoms with Gasteiger partial charge in [-0.25, -0.2) is 4.98 Å². The van der Waals surface area contributed by atoms with E-state index >= 15 is 0 Å². The number of aryl methyl sites for hydroxylation is 2. The van der Waals surface area contributed by atoms with Crippen LogP contribution in [0.1, 0.15) is 11.1 Å². The number of pyridine rings is 1. The minimum atomic E-state index is 0.630. The molecule has 0 saturated carbocycles. The van der Waals surface area contributed by atoms with Crippen molar-refractivity contribution in [2.45, 2.75) is 13.8 Å². The maximum Gasteiger partial charge on any atom is 0.228 e. The molecule has 0 bridgehead atoms. The molecular formula is C14H12N2O. The third-order valence-electron chi connectivity index (χ3n) is 2.63. The average Bonchev–Trinajstić information content (AvgIpc) is 2.71. The van der Waals surface area contributed by atoms with Crippen molar-refractivity contribution in [2.24, 2.45) is 0 Å². The highest BCUT2D eigenvalue weighted by Crippen LogP contribution is 2.24. The van der Waals surface area contributed by atoms with Gasteiger partial charge in [-0.05, 0) is 38.1 Å². The van der Waals surface area contributed by atoms with Crippen molar-refractivity contribution < 1.29 is 4.42 Å². The van der Waals surface area contributed by atoms with Gasteiger partial charge >= 0.3 is 0 Å². The molecule has 0 radical (unpaired) electrons. The normalized spacial score (nSPS) is 10.9. The summed E-state index contributed by atoms with van der Waals surface area (Å²) in [6, 6.07) is 9.99. The van der Waals surface area contributed by atoms with E-state index in [0.29, 0.717) is 11.5 Å². The average molecular weight is 224 g/mol. The van der Waals surface area contributed by atoms with Crippen LogP contribution in [-0.2, 0) is 0 Å². The van der Waals surface area contributed by atoms with E-state index in [9.17, 15) is 0 Å². The van der Waals surface area contributed by atoms with Gasteiger partial charge in [0.1, 0.15) is 0 Å². The fourth-order valence-corrected chi connectivity index (χ4v) is 1.99. The molecule has 0 atom stereocenters. The Hall–Kier alpha value is -2.16. The van der Waals surface area contributed by atoms with Crippen LogP contribution in [0.4, 0.5) is 0 Å². The Morgan fingerprint density at radius 1 is 1.06 bits per heavy atom. The molecule has 0 aliphatic carbocycles. The summed E-state index contributed by atoms with van der Waals surface area (Å²) < 4.78 is 5.69. The number of hydrogen-bond donors (Lipinski definition) is 0. The molecule has 3 nitrogen and oxygen atoms in total. The summed E-state index contributed by atoms with van der Waals surface area (Å²) in [5.41, 5.74) is 4.79. The molecule has 0 aliphatic rings. The molecule has 3 rings (SSSR count). The van der Waals surface area contributed by atoms with Crippen LogP contribution in [0.25, 0.3) is 22.7 Å². The zero-order valence-electron chi connectivity index (χ0n) is 9.77. The first-order valence-electron chi connectivity index (χ1n) is 5.52. The largest absolute Gasteiger partial charge is 0.434 e. The second-order valence-corrected chi connectivity index (χ2v) is 4.22. The fraction of sp³-hybridized carbons (Fsp3) is 0.143. The molecule has 0 saturated heterocycles. The van der Waals surface area contributed by atoms with E-state index in [2.05, 4.69) is 42.0 Å². The molecule has 3 aromatic rings. The summed E-state index contributed by atoms with van der Waals surface area (Å²) in [5, 5.41) is 0. The standard InChI is InChI=1S/C14H12N2O/c1-9-6-10(2)8-11(7-9)14-16-13-12(17-14)4-3-5-15-13/h3-8H,1-2H3. The highest BCUT2D eigenvalue weighted by molar-refractivity contribution is 5.72. The predicted octanol–water partition coefficient (Wildman–Crippen LogP) is 3.51. The maximum absolute atomic E-state index is 5.69. The van der Waals surface area contributed by atoms with Crippen molar-refractivity contribution >= 4 is 11.2 Å². The third-order valence-corrected chi connectivity index (χ3v) is 2.63. The predicted molar refractivity (Wildman–Crippen MR) is 66.7 cm³/mol.